The summed E-state index contributed by atoms with van der Waals surface area (Å²) in [5.74, 6) is 0. The standard InChI is InChI=1S/C11H23N3/c1-11(2)10(4-7-13(11)3)14-8-5-12-6-9-14/h10,12H,4-9H2,1-3H3. The number of likely N-dealkylation sites (N-methyl/N-ethyl adjacent to an activating group) is 1. The van der Waals surface area contributed by atoms with Crippen molar-refractivity contribution in [2.24, 2.45) is 0 Å². The van der Waals surface area contributed by atoms with Crippen molar-refractivity contribution in [1.82, 2.24) is 15.1 Å². The fourth-order valence-electron chi connectivity index (χ4n) is 2.83. The molecule has 1 atom stereocenters. The monoisotopic (exact) mass is 197 g/mol. The van der Waals surface area contributed by atoms with Gasteiger partial charge < -0.3 is 5.32 Å². The van der Waals surface area contributed by atoms with E-state index in [4.69, 9.17) is 0 Å². The normalized spacial score (nSPS) is 34.9. The molecule has 0 amide bonds. The molecule has 0 bridgehead atoms. The van der Waals surface area contributed by atoms with Gasteiger partial charge in [-0.15, -0.1) is 0 Å². The summed E-state index contributed by atoms with van der Waals surface area (Å²) in [4.78, 5) is 5.17. The third kappa shape index (κ3) is 1.69. The Labute approximate surface area is 87.4 Å². The van der Waals surface area contributed by atoms with Crippen LogP contribution in [0.25, 0.3) is 0 Å². The van der Waals surface area contributed by atoms with Crippen LogP contribution in [-0.4, -0.2) is 61.2 Å². The van der Waals surface area contributed by atoms with Crippen LogP contribution in [-0.2, 0) is 0 Å². The molecule has 3 heteroatoms. The minimum Gasteiger partial charge on any atom is -0.314 e. The number of likely N-dealkylation sites (tertiary alicyclic amines) is 1. The van der Waals surface area contributed by atoms with Gasteiger partial charge in [0.1, 0.15) is 0 Å². The molecule has 14 heavy (non-hydrogen) atoms. The zero-order valence-corrected chi connectivity index (χ0v) is 9.71. The molecular formula is C11H23N3. The molecule has 2 aliphatic rings. The number of nitrogens with one attached hydrogen (secondary N) is 1. The molecule has 2 fully saturated rings. The van der Waals surface area contributed by atoms with Crippen LogP contribution in [0.2, 0.25) is 0 Å². The largest absolute Gasteiger partial charge is 0.314 e. The summed E-state index contributed by atoms with van der Waals surface area (Å²) in [6, 6.07) is 0.759. The van der Waals surface area contributed by atoms with Crippen molar-refractivity contribution in [3.63, 3.8) is 0 Å². The number of piperazine rings is 1. The zero-order chi connectivity index (χ0) is 10.2. The molecular weight excluding hydrogens is 174 g/mol. The Morgan fingerprint density at radius 1 is 1.14 bits per heavy atom. The van der Waals surface area contributed by atoms with E-state index in [9.17, 15) is 0 Å². The second kappa shape index (κ2) is 3.80. The minimum atomic E-state index is 0.358. The number of nitrogens with zero attached hydrogens (tertiary/aromatic N) is 2. The van der Waals surface area contributed by atoms with Crippen LogP contribution in [0.15, 0.2) is 0 Å². The lowest BCUT2D eigenvalue weighted by atomic mass is 9.94. The van der Waals surface area contributed by atoms with Gasteiger partial charge >= 0.3 is 0 Å². The molecule has 0 aliphatic carbocycles. The maximum atomic E-state index is 3.42. The van der Waals surface area contributed by atoms with Gasteiger partial charge in [-0.3, -0.25) is 9.80 Å². The van der Waals surface area contributed by atoms with E-state index in [0.717, 1.165) is 19.1 Å². The van der Waals surface area contributed by atoms with Gasteiger partial charge in [-0.2, -0.15) is 0 Å². The highest BCUT2D eigenvalue weighted by Crippen LogP contribution is 2.31. The highest BCUT2D eigenvalue weighted by atomic mass is 15.3. The number of hydrogen-bond donors (Lipinski definition) is 1. The van der Waals surface area contributed by atoms with Gasteiger partial charge in [0.25, 0.3) is 0 Å². The summed E-state index contributed by atoms with van der Waals surface area (Å²) in [7, 11) is 2.25. The summed E-state index contributed by atoms with van der Waals surface area (Å²) in [5.41, 5.74) is 0.358. The lowest BCUT2D eigenvalue weighted by Crippen LogP contribution is -2.56. The Morgan fingerprint density at radius 3 is 2.29 bits per heavy atom. The van der Waals surface area contributed by atoms with Gasteiger partial charge in [0, 0.05) is 37.8 Å². The van der Waals surface area contributed by atoms with E-state index in [1.807, 2.05) is 0 Å². The van der Waals surface area contributed by atoms with Crippen molar-refractivity contribution in [2.45, 2.75) is 31.8 Å². The van der Waals surface area contributed by atoms with Gasteiger partial charge in [0.15, 0.2) is 0 Å². The van der Waals surface area contributed by atoms with Crippen LogP contribution in [0.1, 0.15) is 20.3 Å². The van der Waals surface area contributed by atoms with Crippen LogP contribution in [0.5, 0.6) is 0 Å². The van der Waals surface area contributed by atoms with E-state index in [1.165, 1.54) is 26.1 Å². The molecule has 0 aromatic carbocycles. The Bertz CT molecular complexity index is 197. The van der Waals surface area contributed by atoms with E-state index in [2.05, 4.69) is 36.0 Å². The summed E-state index contributed by atoms with van der Waals surface area (Å²) in [5, 5.41) is 3.42. The van der Waals surface area contributed by atoms with Gasteiger partial charge in [0.2, 0.25) is 0 Å². The lowest BCUT2D eigenvalue weighted by Gasteiger charge is -2.42. The third-order valence-electron chi connectivity index (χ3n) is 4.13. The molecule has 0 saturated carbocycles. The molecule has 2 saturated heterocycles. The first kappa shape index (κ1) is 10.4. The van der Waals surface area contributed by atoms with E-state index >= 15 is 0 Å². The van der Waals surface area contributed by atoms with Crippen molar-refractivity contribution in [3.8, 4) is 0 Å². The fourth-order valence-corrected chi connectivity index (χ4v) is 2.83. The topological polar surface area (TPSA) is 18.5 Å². The Hall–Kier alpha value is -0.120. The summed E-state index contributed by atoms with van der Waals surface area (Å²) in [6.45, 7) is 10.8. The van der Waals surface area contributed by atoms with Gasteiger partial charge in [-0.25, -0.2) is 0 Å². The van der Waals surface area contributed by atoms with Crippen LogP contribution >= 0.6 is 0 Å². The fraction of sp³-hybridized carbons (Fsp3) is 1.00. The lowest BCUT2D eigenvalue weighted by molar-refractivity contribution is 0.0862. The molecule has 1 N–H and O–H groups in total. The SMILES string of the molecule is CN1CCC(N2CCNCC2)C1(C)C. The minimum absolute atomic E-state index is 0.358. The molecule has 0 aromatic heterocycles. The van der Waals surface area contributed by atoms with Crippen LogP contribution in [0.4, 0.5) is 0 Å². The molecule has 1 unspecified atom stereocenters. The average molecular weight is 197 g/mol. The van der Waals surface area contributed by atoms with Crippen molar-refractivity contribution in [1.29, 1.82) is 0 Å². The number of rotatable bonds is 1. The molecule has 3 nitrogen and oxygen atoms in total. The Kier molecular flexibility index (Phi) is 2.82. The second-order valence-electron chi connectivity index (χ2n) is 5.17. The van der Waals surface area contributed by atoms with Crippen LogP contribution in [0, 0.1) is 0 Å². The van der Waals surface area contributed by atoms with Gasteiger partial charge in [0.05, 0.1) is 0 Å². The second-order valence-corrected chi connectivity index (χ2v) is 5.17. The van der Waals surface area contributed by atoms with Crippen molar-refractivity contribution in [3.05, 3.63) is 0 Å². The predicted octanol–water partition coefficient (Wildman–Crippen LogP) is 0.374. The average Bonchev–Trinajstić information content (AvgIpc) is 2.44. The maximum Gasteiger partial charge on any atom is 0.0305 e. The Balaban J connectivity index is 2.03. The van der Waals surface area contributed by atoms with E-state index in [1.54, 1.807) is 0 Å². The predicted molar refractivity (Wildman–Crippen MR) is 59.6 cm³/mol. The van der Waals surface area contributed by atoms with Crippen LogP contribution < -0.4 is 5.32 Å². The molecule has 0 radical (unpaired) electrons. The van der Waals surface area contributed by atoms with Crippen molar-refractivity contribution >= 4 is 0 Å². The first-order valence-electron chi connectivity index (χ1n) is 5.78. The summed E-state index contributed by atoms with van der Waals surface area (Å²) in [6.07, 6.45) is 1.34. The smallest absolute Gasteiger partial charge is 0.0305 e. The first-order valence-corrected chi connectivity index (χ1v) is 5.78. The molecule has 82 valence electrons. The van der Waals surface area contributed by atoms with Crippen molar-refractivity contribution < 1.29 is 0 Å². The highest BCUT2D eigenvalue weighted by Gasteiger charge is 2.42. The van der Waals surface area contributed by atoms with E-state index in [0.29, 0.717) is 5.54 Å². The van der Waals surface area contributed by atoms with E-state index < -0.39 is 0 Å². The highest BCUT2D eigenvalue weighted by molar-refractivity contribution is 5.00. The molecule has 2 aliphatic heterocycles. The zero-order valence-electron chi connectivity index (χ0n) is 9.71. The van der Waals surface area contributed by atoms with Crippen LogP contribution in [0.3, 0.4) is 0 Å². The maximum absolute atomic E-state index is 3.42. The Morgan fingerprint density at radius 2 is 1.79 bits per heavy atom. The van der Waals surface area contributed by atoms with E-state index in [-0.39, 0.29) is 0 Å². The third-order valence-corrected chi connectivity index (χ3v) is 4.13. The van der Waals surface area contributed by atoms with Crippen molar-refractivity contribution in [2.75, 3.05) is 39.8 Å². The summed E-state index contributed by atoms with van der Waals surface area (Å²) >= 11 is 0. The molecule has 0 aromatic rings. The first-order chi connectivity index (χ1) is 6.62. The number of hydrogen-bond acceptors (Lipinski definition) is 3. The van der Waals surface area contributed by atoms with Gasteiger partial charge in [-0.1, -0.05) is 0 Å². The summed E-state index contributed by atoms with van der Waals surface area (Å²) < 4.78 is 0. The van der Waals surface area contributed by atoms with Gasteiger partial charge in [-0.05, 0) is 33.9 Å². The quantitative estimate of drug-likeness (QED) is 0.655. The molecule has 2 heterocycles. The molecule has 0 spiro atoms. The molecule has 2 rings (SSSR count).